The fourth-order valence-corrected chi connectivity index (χ4v) is 1.14. The summed E-state index contributed by atoms with van der Waals surface area (Å²) >= 11 is 5.20. The van der Waals surface area contributed by atoms with Gasteiger partial charge in [-0.25, -0.2) is 13.2 Å². The summed E-state index contributed by atoms with van der Waals surface area (Å²) in [5.74, 6) is -5.60. The summed E-state index contributed by atoms with van der Waals surface area (Å²) in [5.41, 5.74) is -0.873. The van der Waals surface area contributed by atoms with Crippen molar-refractivity contribution in [3.05, 3.63) is 34.1 Å². The van der Waals surface area contributed by atoms with Gasteiger partial charge < -0.3 is 5.11 Å². The second kappa shape index (κ2) is 3.88. The van der Waals surface area contributed by atoms with Crippen molar-refractivity contribution in [3.63, 3.8) is 0 Å². The zero-order valence-corrected chi connectivity index (χ0v) is 7.41. The highest BCUT2D eigenvalue weighted by atomic mass is 35.5. The maximum absolute atomic E-state index is 13.0. The van der Waals surface area contributed by atoms with Gasteiger partial charge in [0.1, 0.15) is 5.82 Å². The largest absolute Gasteiger partial charge is 0.481 e. The Morgan fingerprint density at radius 1 is 1.36 bits per heavy atom. The highest BCUT2D eigenvalue weighted by molar-refractivity contribution is 6.30. The molecule has 1 aromatic rings. The lowest BCUT2D eigenvalue weighted by Crippen LogP contribution is -2.07. The molecule has 2 nitrogen and oxygen atoms in total. The summed E-state index contributed by atoms with van der Waals surface area (Å²) in [6, 6.07) is 0.456. The Labute approximate surface area is 81.9 Å². The molecule has 0 amide bonds. The summed E-state index contributed by atoms with van der Waals surface area (Å²) in [6.45, 7) is 0. The Hall–Kier alpha value is -1.23. The molecule has 76 valence electrons. The number of benzene rings is 1. The van der Waals surface area contributed by atoms with Gasteiger partial charge in [0.15, 0.2) is 11.6 Å². The van der Waals surface area contributed by atoms with Crippen LogP contribution in [0.1, 0.15) is 5.56 Å². The summed E-state index contributed by atoms with van der Waals surface area (Å²) in [4.78, 5) is 10.2. The lowest BCUT2D eigenvalue weighted by molar-refractivity contribution is -0.136. The second-order valence-electron chi connectivity index (χ2n) is 2.52. The van der Waals surface area contributed by atoms with Crippen molar-refractivity contribution in [2.24, 2.45) is 0 Å². The SMILES string of the molecule is O=C(O)Cc1c(F)c(F)cc(Cl)c1F. The second-order valence-corrected chi connectivity index (χ2v) is 2.92. The van der Waals surface area contributed by atoms with Crippen LogP contribution in [0.4, 0.5) is 13.2 Å². The van der Waals surface area contributed by atoms with Gasteiger partial charge >= 0.3 is 5.97 Å². The van der Waals surface area contributed by atoms with Crippen LogP contribution < -0.4 is 0 Å². The van der Waals surface area contributed by atoms with Crippen LogP contribution in [0.3, 0.4) is 0 Å². The summed E-state index contributed by atoms with van der Waals surface area (Å²) in [5, 5.41) is 7.66. The van der Waals surface area contributed by atoms with Crippen LogP contribution >= 0.6 is 11.6 Å². The Balaban J connectivity index is 3.31. The average molecular weight is 225 g/mol. The lowest BCUT2D eigenvalue weighted by Gasteiger charge is -2.04. The molecular weight excluding hydrogens is 221 g/mol. The zero-order chi connectivity index (χ0) is 10.9. The molecule has 0 unspecified atom stereocenters. The Kier molecular flexibility index (Phi) is 3.00. The van der Waals surface area contributed by atoms with Gasteiger partial charge in [0.25, 0.3) is 0 Å². The first-order valence-electron chi connectivity index (χ1n) is 3.47. The van der Waals surface area contributed by atoms with Crippen LogP contribution in [0.5, 0.6) is 0 Å². The van der Waals surface area contributed by atoms with E-state index >= 15 is 0 Å². The molecule has 0 bridgehead atoms. The number of hydrogen-bond acceptors (Lipinski definition) is 1. The first kappa shape index (κ1) is 10.8. The number of halogens is 4. The summed E-state index contributed by atoms with van der Waals surface area (Å²) < 4.78 is 38.5. The summed E-state index contributed by atoms with van der Waals surface area (Å²) in [6.07, 6.45) is -0.949. The maximum Gasteiger partial charge on any atom is 0.308 e. The minimum Gasteiger partial charge on any atom is -0.481 e. The number of aliphatic carboxylic acids is 1. The van der Waals surface area contributed by atoms with E-state index in [2.05, 4.69) is 0 Å². The molecule has 1 rings (SSSR count). The van der Waals surface area contributed by atoms with Crippen molar-refractivity contribution in [1.82, 2.24) is 0 Å². The highest BCUT2D eigenvalue weighted by Gasteiger charge is 2.19. The van der Waals surface area contributed by atoms with Gasteiger partial charge in [-0.15, -0.1) is 0 Å². The summed E-state index contributed by atoms with van der Waals surface area (Å²) in [7, 11) is 0. The maximum atomic E-state index is 13.0. The van der Waals surface area contributed by atoms with E-state index in [-0.39, 0.29) is 0 Å². The highest BCUT2D eigenvalue weighted by Crippen LogP contribution is 2.24. The van der Waals surface area contributed by atoms with Gasteiger partial charge in [-0.2, -0.15) is 0 Å². The van der Waals surface area contributed by atoms with E-state index in [9.17, 15) is 18.0 Å². The van der Waals surface area contributed by atoms with Crippen LogP contribution in [-0.2, 0) is 11.2 Å². The molecule has 1 aromatic carbocycles. The van der Waals surface area contributed by atoms with Crippen LogP contribution in [0.2, 0.25) is 5.02 Å². The fourth-order valence-electron chi connectivity index (χ4n) is 0.929. The molecule has 14 heavy (non-hydrogen) atoms. The van der Waals surface area contributed by atoms with E-state index in [0.717, 1.165) is 0 Å². The molecule has 6 heteroatoms. The minimum atomic E-state index is -1.52. The topological polar surface area (TPSA) is 37.3 Å². The van der Waals surface area contributed by atoms with Crippen LogP contribution in [0, 0.1) is 17.5 Å². The van der Waals surface area contributed by atoms with E-state index in [1.54, 1.807) is 0 Å². The molecule has 0 heterocycles. The van der Waals surface area contributed by atoms with E-state index in [1.165, 1.54) is 0 Å². The molecule has 0 radical (unpaired) electrons. The van der Waals surface area contributed by atoms with Crippen molar-refractivity contribution in [1.29, 1.82) is 0 Å². The third-order valence-electron chi connectivity index (χ3n) is 1.53. The third kappa shape index (κ3) is 1.98. The van der Waals surface area contributed by atoms with Gasteiger partial charge in [-0.05, 0) is 6.07 Å². The zero-order valence-electron chi connectivity index (χ0n) is 6.65. The quantitative estimate of drug-likeness (QED) is 0.783. The monoisotopic (exact) mass is 224 g/mol. The lowest BCUT2D eigenvalue weighted by atomic mass is 10.1. The van der Waals surface area contributed by atoms with Crippen LogP contribution in [0.25, 0.3) is 0 Å². The molecule has 0 aliphatic heterocycles. The number of carboxylic acid groups (broad SMARTS) is 1. The minimum absolute atomic E-state index is 0.456. The van der Waals surface area contributed by atoms with E-state index in [1.807, 2.05) is 0 Å². The molecule has 0 atom stereocenters. The van der Waals surface area contributed by atoms with Crippen molar-refractivity contribution < 1.29 is 23.1 Å². The normalized spacial score (nSPS) is 10.3. The smallest absolute Gasteiger partial charge is 0.308 e. The molecule has 0 aliphatic rings. The van der Waals surface area contributed by atoms with Crippen molar-refractivity contribution in [2.45, 2.75) is 6.42 Å². The molecular formula is C8H4ClF3O2. The molecule has 0 saturated heterocycles. The number of hydrogen-bond donors (Lipinski definition) is 1. The van der Waals surface area contributed by atoms with E-state index in [0.29, 0.717) is 6.07 Å². The molecule has 0 spiro atoms. The number of carboxylic acids is 1. The van der Waals surface area contributed by atoms with E-state index < -0.39 is 40.4 Å². The molecule has 0 fully saturated rings. The Morgan fingerprint density at radius 2 is 1.93 bits per heavy atom. The first-order chi connectivity index (χ1) is 6.43. The van der Waals surface area contributed by atoms with Gasteiger partial charge in [-0.3, -0.25) is 4.79 Å². The number of carbonyl (C=O) groups is 1. The van der Waals surface area contributed by atoms with E-state index in [4.69, 9.17) is 16.7 Å². The van der Waals surface area contributed by atoms with Gasteiger partial charge in [0, 0.05) is 5.56 Å². The average Bonchev–Trinajstić information content (AvgIpc) is 2.09. The van der Waals surface area contributed by atoms with Gasteiger partial charge in [0.05, 0.1) is 11.4 Å². The Bertz CT molecular complexity index is 366. The Morgan fingerprint density at radius 3 is 2.43 bits per heavy atom. The number of rotatable bonds is 2. The fraction of sp³-hybridized carbons (Fsp3) is 0.125. The van der Waals surface area contributed by atoms with Crippen molar-refractivity contribution in [2.75, 3.05) is 0 Å². The predicted octanol–water partition coefficient (Wildman–Crippen LogP) is 2.38. The van der Waals surface area contributed by atoms with Gasteiger partial charge in [-0.1, -0.05) is 11.6 Å². The van der Waals surface area contributed by atoms with Gasteiger partial charge in [0.2, 0.25) is 0 Å². The standard InChI is InChI=1S/C8H4ClF3O2/c9-4-2-5(10)8(12)3(7(4)11)1-6(13)14/h2H,1H2,(H,13,14). The van der Waals surface area contributed by atoms with Crippen molar-refractivity contribution in [3.8, 4) is 0 Å². The van der Waals surface area contributed by atoms with Crippen LogP contribution in [-0.4, -0.2) is 11.1 Å². The first-order valence-corrected chi connectivity index (χ1v) is 3.85. The molecule has 0 aromatic heterocycles. The molecule has 0 saturated carbocycles. The molecule has 0 aliphatic carbocycles. The predicted molar refractivity (Wildman–Crippen MR) is 42.7 cm³/mol. The molecule has 1 N–H and O–H groups in total. The van der Waals surface area contributed by atoms with Crippen molar-refractivity contribution >= 4 is 17.6 Å². The third-order valence-corrected chi connectivity index (χ3v) is 1.81. The van der Waals surface area contributed by atoms with Crippen LogP contribution in [0.15, 0.2) is 6.07 Å².